The summed E-state index contributed by atoms with van der Waals surface area (Å²) in [6.45, 7) is 0. The van der Waals surface area contributed by atoms with E-state index >= 15 is 0 Å². The van der Waals surface area contributed by atoms with Crippen molar-refractivity contribution in [3.8, 4) is 0 Å². The smallest absolute Gasteiger partial charge is 0.156 e. The number of benzene rings is 2. The molecule has 1 heteroatoms. The topological polar surface area (TPSA) is 17.1 Å². The summed E-state index contributed by atoms with van der Waals surface area (Å²) in [5.41, 5.74) is 5.32. The van der Waals surface area contributed by atoms with E-state index in [9.17, 15) is 4.79 Å². The molecule has 2 aliphatic rings. The van der Waals surface area contributed by atoms with Crippen molar-refractivity contribution in [1.29, 1.82) is 0 Å². The van der Waals surface area contributed by atoms with Crippen molar-refractivity contribution in [1.82, 2.24) is 0 Å². The number of aryl methyl sites for hydroxylation is 1. The van der Waals surface area contributed by atoms with E-state index in [0.717, 1.165) is 19.3 Å². The molecule has 0 N–H and O–H groups in total. The number of allylic oxidation sites excluding steroid dienone is 2. The third-order valence-electron chi connectivity index (χ3n) is 4.96. The molecule has 104 valence electrons. The van der Waals surface area contributed by atoms with Gasteiger partial charge < -0.3 is 0 Å². The third kappa shape index (κ3) is 2.04. The van der Waals surface area contributed by atoms with Crippen LogP contribution in [0.25, 0.3) is 5.57 Å². The lowest BCUT2D eigenvalue weighted by molar-refractivity contribution is -0.115. The number of hydrogen-bond acceptors (Lipinski definition) is 1. The molecule has 2 aromatic rings. The Kier molecular flexibility index (Phi) is 2.81. The first-order valence-electron chi connectivity index (χ1n) is 7.64. The van der Waals surface area contributed by atoms with Gasteiger partial charge in [-0.2, -0.15) is 0 Å². The summed E-state index contributed by atoms with van der Waals surface area (Å²) in [6, 6.07) is 19.1. The number of carbonyl (C=O) groups is 1. The van der Waals surface area contributed by atoms with Crippen LogP contribution in [0, 0.1) is 5.41 Å². The standard InChI is InChI=1S/C20H18O/c21-17-12-19-18-9-5-4-8-16(18)10-11-20(19,14-17)13-15-6-2-1-3-7-15/h1-9,12H,10-11,13-14H2/t20-/m0/s1. The Hall–Kier alpha value is -2.15. The van der Waals surface area contributed by atoms with Crippen LogP contribution in [0.1, 0.15) is 29.5 Å². The zero-order chi connectivity index (χ0) is 14.3. The highest BCUT2D eigenvalue weighted by atomic mass is 16.1. The van der Waals surface area contributed by atoms with Crippen LogP contribution < -0.4 is 0 Å². The van der Waals surface area contributed by atoms with Gasteiger partial charge in [0.1, 0.15) is 0 Å². The predicted octanol–water partition coefficient (Wildman–Crippen LogP) is 4.22. The second-order valence-electron chi connectivity index (χ2n) is 6.30. The summed E-state index contributed by atoms with van der Waals surface area (Å²) < 4.78 is 0. The molecule has 0 fully saturated rings. The number of fused-ring (bicyclic) bond motifs is 3. The van der Waals surface area contributed by atoms with Gasteiger partial charge in [-0.15, -0.1) is 0 Å². The van der Waals surface area contributed by atoms with E-state index in [4.69, 9.17) is 0 Å². The summed E-state index contributed by atoms with van der Waals surface area (Å²) >= 11 is 0. The molecule has 0 heterocycles. The van der Waals surface area contributed by atoms with Crippen molar-refractivity contribution < 1.29 is 4.79 Å². The van der Waals surface area contributed by atoms with E-state index in [1.807, 2.05) is 12.1 Å². The maximum Gasteiger partial charge on any atom is 0.156 e. The van der Waals surface area contributed by atoms with Crippen LogP contribution in [0.3, 0.4) is 0 Å². The maximum atomic E-state index is 12.1. The molecular weight excluding hydrogens is 256 g/mol. The highest BCUT2D eigenvalue weighted by Crippen LogP contribution is 2.52. The molecule has 0 amide bonds. The van der Waals surface area contributed by atoms with Gasteiger partial charge in [0.2, 0.25) is 0 Å². The van der Waals surface area contributed by atoms with Gasteiger partial charge >= 0.3 is 0 Å². The zero-order valence-corrected chi connectivity index (χ0v) is 12.0. The molecule has 0 aromatic heterocycles. The molecule has 0 bridgehead atoms. The monoisotopic (exact) mass is 274 g/mol. The summed E-state index contributed by atoms with van der Waals surface area (Å²) in [5, 5.41) is 0. The quantitative estimate of drug-likeness (QED) is 0.801. The lowest BCUT2D eigenvalue weighted by Gasteiger charge is -2.37. The minimum Gasteiger partial charge on any atom is -0.295 e. The summed E-state index contributed by atoms with van der Waals surface area (Å²) in [7, 11) is 0. The highest BCUT2D eigenvalue weighted by molar-refractivity contribution is 6.04. The van der Waals surface area contributed by atoms with Gasteiger partial charge in [0.25, 0.3) is 0 Å². The summed E-state index contributed by atoms with van der Waals surface area (Å²) in [4.78, 5) is 12.1. The normalized spacial score (nSPS) is 23.4. The van der Waals surface area contributed by atoms with E-state index in [1.54, 1.807) is 0 Å². The van der Waals surface area contributed by atoms with E-state index in [-0.39, 0.29) is 11.2 Å². The average molecular weight is 274 g/mol. The van der Waals surface area contributed by atoms with Gasteiger partial charge in [-0.3, -0.25) is 4.79 Å². The van der Waals surface area contributed by atoms with E-state index in [0.29, 0.717) is 6.42 Å². The Morgan fingerprint density at radius 1 is 0.952 bits per heavy atom. The minimum absolute atomic E-state index is 0.0206. The summed E-state index contributed by atoms with van der Waals surface area (Å²) in [6.07, 6.45) is 5.70. The molecule has 0 saturated heterocycles. The van der Waals surface area contributed by atoms with E-state index in [2.05, 4.69) is 48.5 Å². The van der Waals surface area contributed by atoms with Crippen LogP contribution in [-0.2, 0) is 17.6 Å². The van der Waals surface area contributed by atoms with Crippen molar-refractivity contribution in [2.45, 2.75) is 25.7 Å². The van der Waals surface area contributed by atoms with Gasteiger partial charge in [0.15, 0.2) is 5.78 Å². The van der Waals surface area contributed by atoms with Crippen LogP contribution in [-0.4, -0.2) is 5.78 Å². The first-order chi connectivity index (χ1) is 10.3. The largest absolute Gasteiger partial charge is 0.295 e. The molecule has 0 aliphatic heterocycles. The molecule has 21 heavy (non-hydrogen) atoms. The molecule has 0 radical (unpaired) electrons. The lowest BCUT2D eigenvalue weighted by atomic mass is 9.66. The molecule has 0 unspecified atom stereocenters. The SMILES string of the molecule is O=C1C=C2c3ccccc3CC[C@]2(Cc2ccccc2)C1. The second-order valence-corrected chi connectivity index (χ2v) is 6.30. The molecule has 4 rings (SSSR count). The molecule has 1 atom stereocenters. The fraction of sp³-hybridized carbons (Fsp3) is 0.250. The van der Waals surface area contributed by atoms with Crippen LogP contribution in [0.5, 0.6) is 0 Å². The third-order valence-corrected chi connectivity index (χ3v) is 4.96. The van der Waals surface area contributed by atoms with Crippen LogP contribution in [0.4, 0.5) is 0 Å². The van der Waals surface area contributed by atoms with Crippen molar-refractivity contribution in [2.75, 3.05) is 0 Å². The van der Waals surface area contributed by atoms with Crippen molar-refractivity contribution in [2.24, 2.45) is 5.41 Å². The van der Waals surface area contributed by atoms with Crippen molar-refractivity contribution >= 4 is 11.4 Å². The molecule has 0 saturated carbocycles. The number of hydrogen-bond donors (Lipinski definition) is 0. The number of ketones is 1. The highest BCUT2D eigenvalue weighted by Gasteiger charge is 2.44. The molecule has 2 aromatic carbocycles. The van der Waals surface area contributed by atoms with Crippen molar-refractivity contribution in [3.05, 3.63) is 77.4 Å². The predicted molar refractivity (Wildman–Crippen MR) is 84.9 cm³/mol. The zero-order valence-electron chi connectivity index (χ0n) is 12.0. The number of rotatable bonds is 2. The molecule has 2 aliphatic carbocycles. The van der Waals surface area contributed by atoms with Crippen LogP contribution in [0.2, 0.25) is 0 Å². The van der Waals surface area contributed by atoms with Gasteiger partial charge in [0, 0.05) is 11.8 Å². The van der Waals surface area contributed by atoms with Crippen LogP contribution >= 0.6 is 0 Å². The van der Waals surface area contributed by atoms with Gasteiger partial charge in [-0.25, -0.2) is 0 Å². The van der Waals surface area contributed by atoms with Gasteiger partial charge in [-0.1, -0.05) is 54.6 Å². The summed E-state index contributed by atoms with van der Waals surface area (Å²) in [5.74, 6) is 0.289. The first kappa shape index (κ1) is 12.6. The Morgan fingerprint density at radius 2 is 1.71 bits per heavy atom. The average Bonchev–Trinajstić information content (AvgIpc) is 2.85. The second kappa shape index (κ2) is 4.70. The van der Waals surface area contributed by atoms with Crippen molar-refractivity contribution in [3.63, 3.8) is 0 Å². The Morgan fingerprint density at radius 3 is 2.57 bits per heavy atom. The molecule has 0 spiro atoms. The Balaban J connectivity index is 1.79. The fourth-order valence-corrected chi connectivity index (χ4v) is 3.99. The van der Waals surface area contributed by atoms with E-state index in [1.165, 1.54) is 22.3 Å². The Bertz CT molecular complexity index is 727. The van der Waals surface area contributed by atoms with E-state index < -0.39 is 0 Å². The van der Waals surface area contributed by atoms with Crippen LogP contribution in [0.15, 0.2) is 60.7 Å². The fourth-order valence-electron chi connectivity index (χ4n) is 3.99. The number of carbonyl (C=O) groups excluding carboxylic acids is 1. The molecule has 1 nitrogen and oxygen atoms in total. The lowest BCUT2D eigenvalue weighted by Crippen LogP contribution is -2.28. The molecular formula is C20H18O. The van der Waals surface area contributed by atoms with Gasteiger partial charge in [0.05, 0.1) is 0 Å². The maximum absolute atomic E-state index is 12.1. The Labute approximate surface area is 125 Å². The first-order valence-corrected chi connectivity index (χ1v) is 7.64. The minimum atomic E-state index is 0.0206. The van der Waals surface area contributed by atoms with Gasteiger partial charge in [-0.05, 0) is 47.6 Å².